The van der Waals surface area contributed by atoms with Crippen LogP contribution in [0.5, 0.6) is 0 Å². The Morgan fingerprint density at radius 1 is 0.967 bits per heavy atom. The summed E-state index contributed by atoms with van der Waals surface area (Å²) >= 11 is 11.6. The van der Waals surface area contributed by atoms with Gasteiger partial charge in [-0.3, -0.25) is 4.79 Å². The minimum Gasteiger partial charge on any atom is -0.383 e. The number of rotatable bonds is 3. The third-order valence-electron chi connectivity index (χ3n) is 4.13. The van der Waals surface area contributed by atoms with E-state index in [2.05, 4.69) is 25.6 Å². The number of halogens is 2. The SMILES string of the molecule is Nc1ncnc2c1c(=O)ccn2-c1ccc(NC(=O)Nc2cc(Cl)nc(Cl)c2)cc1. The van der Waals surface area contributed by atoms with E-state index in [-0.39, 0.29) is 26.9 Å². The van der Waals surface area contributed by atoms with E-state index in [9.17, 15) is 9.59 Å². The number of urea groups is 1. The second-order valence-corrected chi connectivity index (χ2v) is 6.91. The molecule has 1 aromatic carbocycles. The first kappa shape index (κ1) is 19.6. The second kappa shape index (κ2) is 7.97. The van der Waals surface area contributed by atoms with E-state index in [0.717, 1.165) is 5.69 Å². The van der Waals surface area contributed by atoms with Crippen LogP contribution in [0.1, 0.15) is 0 Å². The van der Waals surface area contributed by atoms with Gasteiger partial charge in [0.05, 0.1) is 0 Å². The lowest BCUT2D eigenvalue weighted by atomic mass is 10.2. The van der Waals surface area contributed by atoms with Gasteiger partial charge in [0, 0.05) is 29.3 Å². The van der Waals surface area contributed by atoms with Gasteiger partial charge in [-0.2, -0.15) is 0 Å². The fourth-order valence-electron chi connectivity index (χ4n) is 2.85. The van der Waals surface area contributed by atoms with Crippen LogP contribution in [0.4, 0.5) is 22.0 Å². The van der Waals surface area contributed by atoms with Gasteiger partial charge in [0.15, 0.2) is 11.1 Å². The minimum absolute atomic E-state index is 0.116. The van der Waals surface area contributed by atoms with Crippen molar-refractivity contribution in [2.45, 2.75) is 0 Å². The molecule has 0 aliphatic heterocycles. The van der Waals surface area contributed by atoms with Crippen LogP contribution >= 0.6 is 23.2 Å². The van der Waals surface area contributed by atoms with Crippen LogP contribution < -0.4 is 21.8 Å². The minimum atomic E-state index is -0.476. The van der Waals surface area contributed by atoms with Crippen molar-refractivity contribution in [1.29, 1.82) is 0 Å². The predicted molar refractivity (Wildman–Crippen MR) is 116 cm³/mol. The molecule has 4 aromatic rings. The Hall–Kier alpha value is -3.69. The number of benzene rings is 1. The van der Waals surface area contributed by atoms with Crippen molar-refractivity contribution in [3.8, 4) is 5.69 Å². The summed E-state index contributed by atoms with van der Waals surface area (Å²) in [6.07, 6.45) is 2.90. The van der Waals surface area contributed by atoms with Crippen LogP contribution in [0.25, 0.3) is 16.7 Å². The van der Waals surface area contributed by atoms with Gasteiger partial charge in [0.1, 0.15) is 27.8 Å². The van der Waals surface area contributed by atoms with Crippen molar-refractivity contribution >= 4 is 57.5 Å². The molecule has 0 aliphatic carbocycles. The number of anilines is 3. The average molecular weight is 442 g/mol. The number of carbonyl (C=O) groups excluding carboxylic acids is 1. The molecule has 9 nitrogen and oxygen atoms in total. The number of hydrogen-bond acceptors (Lipinski definition) is 6. The standard InChI is InChI=1S/C19H13Cl2N7O2/c20-14-7-11(8-15(21)27-14)26-19(30)25-10-1-3-12(4-2-10)28-6-5-13(29)16-17(22)23-9-24-18(16)28/h1-9H,(H2,22,23,24)(H2,25,26,27,30). The third kappa shape index (κ3) is 4.02. The first-order chi connectivity index (χ1) is 14.4. The maximum atomic E-state index is 12.2. The van der Waals surface area contributed by atoms with E-state index >= 15 is 0 Å². The van der Waals surface area contributed by atoms with Crippen molar-refractivity contribution in [3.63, 3.8) is 0 Å². The van der Waals surface area contributed by atoms with Crippen molar-refractivity contribution < 1.29 is 4.79 Å². The molecular formula is C19H13Cl2N7O2. The van der Waals surface area contributed by atoms with Crippen LogP contribution in [-0.4, -0.2) is 25.6 Å². The molecular weight excluding hydrogens is 429 g/mol. The summed E-state index contributed by atoms with van der Waals surface area (Å²) in [6.45, 7) is 0. The van der Waals surface area contributed by atoms with Crippen LogP contribution in [0.15, 0.2) is 59.8 Å². The topological polar surface area (TPSA) is 128 Å². The number of nitrogens with zero attached hydrogens (tertiary/aromatic N) is 4. The lowest BCUT2D eigenvalue weighted by molar-refractivity contribution is 0.262. The number of carbonyl (C=O) groups is 1. The Morgan fingerprint density at radius 2 is 1.63 bits per heavy atom. The fourth-order valence-corrected chi connectivity index (χ4v) is 3.31. The molecule has 0 bridgehead atoms. The van der Waals surface area contributed by atoms with Gasteiger partial charge in [-0.05, 0) is 36.4 Å². The Morgan fingerprint density at radius 3 is 2.33 bits per heavy atom. The number of hydrogen-bond donors (Lipinski definition) is 3. The summed E-state index contributed by atoms with van der Waals surface area (Å²) in [5.74, 6) is 0.116. The maximum absolute atomic E-state index is 12.2. The molecule has 2 amide bonds. The summed E-state index contributed by atoms with van der Waals surface area (Å²) in [5.41, 5.74) is 7.63. The zero-order valence-corrected chi connectivity index (χ0v) is 16.6. The molecule has 0 unspecified atom stereocenters. The molecule has 11 heteroatoms. The molecule has 0 aliphatic rings. The number of nitrogens with one attached hydrogen (secondary N) is 2. The van der Waals surface area contributed by atoms with Gasteiger partial charge >= 0.3 is 6.03 Å². The van der Waals surface area contributed by atoms with Crippen molar-refractivity contribution in [1.82, 2.24) is 19.5 Å². The second-order valence-electron chi connectivity index (χ2n) is 6.13. The Balaban J connectivity index is 1.56. The van der Waals surface area contributed by atoms with Gasteiger partial charge in [-0.15, -0.1) is 0 Å². The molecule has 0 saturated carbocycles. The van der Waals surface area contributed by atoms with E-state index < -0.39 is 6.03 Å². The monoisotopic (exact) mass is 441 g/mol. The van der Waals surface area contributed by atoms with Crippen LogP contribution in [0.3, 0.4) is 0 Å². The van der Waals surface area contributed by atoms with Gasteiger partial charge in [0.25, 0.3) is 0 Å². The molecule has 4 rings (SSSR count). The van der Waals surface area contributed by atoms with E-state index in [1.54, 1.807) is 35.0 Å². The Labute approximate surface area is 179 Å². The van der Waals surface area contributed by atoms with Gasteiger partial charge in [-0.25, -0.2) is 19.7 Å². The van der Waals surface area contributed by atoms with Gasteiger partial charge < -0.3 is 20.9 Å². The van der Waals surface area contributed by atoms with Crippen molar-refractivity contribution in [2.75, 3.05) is 16.4 Å². The summed E-state index contributed by atoms with van der Waals surface area (Å²) < 4.78 is 1.71. The van der Waals surface area contributed by atoms with Crippen LogP contribution in [-0.2, 0) is 0 Å². The van der Waals surface area contributed by atoms with Crippen LogP contribution in [0.2, 0.25) is 10.3 Å². The molecule has 4 N–H and O–H groups in total. The van der Waals surface area contributed by atoms with Gasteiger partial charge in [0.2, 0.25) is 0 Å². The summed E-state index contributed by atoms with van der Waals surface area (Å²) in [5, 5.41) is 5.91. The van der Waals surface area contributed by atoms with E-state index in [0.29, 0.717) is 17.0 Å². The largest absolute Gasteiger partial charge is 0.383 e. The summed E-state index contributed by atoms with van der Waals surface area (Å²) in [4.78, 5) is 36.2. The summed E-state index contributed by atoms with van der Waals surface area (Å²) in [7, 11) is 0. The number of amides is 2. The molecule has 3 aromatic heterocycles. The molecule has 3 heterocycles. The Kier molecular flexibility index (Phi) is 5.21. The number of nitrogen functional groups attached to an aromatic ring is 1. The molecule has 0 atom stereocenters. The third-order valence-corrected chi connectivity index (χ3v) is 4.52. The zero-order chi connectivity index (χ0) is 21.3. The Bertz CT molecular complexity index is 1300. The lowest BCUT2D eigenvalue weighted by Gasteiger charge is -2.12. The number of pyridine rings is 2. The highest BCUT2D eigenvalue weighted by molar-refractivity contribution is 6.33. The van der Waals surface area contributed by atoms with Crippen LogP contribution in [0, 0.1) is 0 Å². The van der Waals surface area contributed by atoms with Crippen molar-refractivity contribution in [3.05, 3.63) is 75.5 Å². The molecule has 0 fully saturated rings. The highest BCUT2D eigenvalue weighted by Gasteiger charge is 2.10. The highest BCUT2D eigenvalue weighted by atomic mass is 35.5. The first-order valence-electron chi connectivity index (χ1n) is 8.54. The van der Waals surface area contributed by atoms with Crippen molar-refractivity contribution in [2.24, 2.45) is 0 Å². The first-order valence-corrected chi connectivity index (χ1v) is 9.30. The maximum Gasteiger partial charge on any atom is 0.323 e. The predicted octanol–water partition coefficient (Wildman–Crippen LogP) is 3.71. The number of nitrogens with two attached hydrogens (primary N) is 1. The number of fused-ring (bicyclic) bond motifs is 1. The van der Waals surface area contributed by atoms with E-state index in [4.69, 9.17) is 28.9 Å². The fraction of sp³-hybridized carbons (Fsp3) is 0. The van der Waals surface area contributed by atoms with E-state index in [1.165, 1.54) is 24.5 Å². The highest BCUT2D eigenvalue weighted by Crippen LogP contribution is 2.21. The normalized spacial score (nSPS) is 10.7. The molecule has 0 saturated heterocycles. The number of aromatic nitrogens is 4. The molecule has 30 heavy (non-hydrogen) atoms. The molecule has 150 valence electrons. The quantitative estimate of drug-likeness (QED) is 0.415. The molecule has 0 spiro atoms. The van der Waals surface area contributed by atoms with Gasteiger partial charge in [-0.1, -0.05) is 23.2 Å². The summed E-state index contributed by atoms with van der Waals surface area (Å²) in [6, 6.07) is 10.8. The zero-order valence-electron chi connectivity index (χ0n) is 15.1. The molecule has 0 radical (unpaired) electrons. The lowest BCUT2D eigenvalue weighted by Crippen LogP contribution is -2.19. The smallest absolute Gasteiger partial charge is 0.323 e. The average Bonchev–Trinajstić information content (AvgIpc) is 2.68. The van der Waals surface area contributed by atoms with E-state index in [1.807, 2.05) is 0 Å².